The SMILES string of the molecule is CCCNCCc1nnc(-c2ccc(Cl)cc2Br)o1. The molecule has 0 fully saturated rings. The van der Waals surface area contributed by atoms with Crippen LogP contribution in [0.2, 0.25) is 5.02 Å². The van der Waals surface area contributed by atoms with Crippen molar-refractivity contribution in [1.29, 1.82) is 0 Å². The molecule has 102 valence electrons. The lowest BCUT2D eigenvalue weighted by Gasteiger charge is -2.00. The van der Waals surface area contributed by atoms with Crippen LogP contribution in [0.1, 0.15) is 19.2 Å². The second-order valence-electron chi connectivity index (χ2n) is 4.13. The van der Waals surface area contributed by atoms with E-state index in [0.717, 1.165) is 36.0 Å². The summed E-state index contributed by atoms with van der Waals surface area (Å²) in [6.07, 6.45) is 1.85. The maximum atomic E-state index is 5.90. The number of aromatic nitrogens is 2. The van der Waals surface area contributed by atoms with Crippen molar-refractivity contribution < 1.29 is 4.42 Å². The highest BCUT2D eigenvalue weighted by atomic mass is 79.9. The van der Waals surface area contributed by atoms with Gasteiger partial charge in [-0.15, -0.1) is 10.2 Å². The van der Waals surface area contributed by atoms with E-state index < -0.39 is 0 Å². The fourth-order valence-corrected chi connectivity index (χ4v) is 2.48. The van der Waals surface area contributed by atoms with E-state index in [1.807, 2.05) is 12.1 Å². The number of hydrogen-bond acceptors (Lipinski definition) is 4. The maximum Gasteiger partial charge on any atom is 0.248 e. The summed E-state index contributed by atoms with van der Waals surface area (Å²) in [4.78, 5) is 0. The first-order chi connectivity index (χ1) is 9.20. The number of nitrogens with zero attached hydrogens (tertiary/aromatic N) is 2. The van der Waals surface area contributed by atoms with Gasteiger partial charge in [0, 0.05) is 22.5 Å². The summed E-state index contributed by atoms with van der Waals surface area (Å²) < 4.78 is 6.48. The van der Waals surface area contributed by atoms with Crippen LogP contribution in [0.4, 0.5) is 0 Å². The van der Waals surface area contributed by atoms with Gasteiger partial charge in [0.2, 0.25) is 11.8 Å². The minimum absolute atomic E-state index is 0.508. The van der Waals surface area contributed by atoms with Crippen molar-refractivity contribution in [1.82, 2.24) is 15.5 Å². The second kappa shape index (κ2) is 7.03. The Hall–Kier alpha value is -0.910. The van der Waals surface area contributed by atoms with Gasteiger partial charge in [-0.1, -0.05) is 18.5 Å². The first-order valence-electron chi connectivity index (χ1n) is 6.19. The van der Waals surface area contributed by atoms with Crippen LogP contribution in [-0.4, -0.2) is 23.3 Å². The van der Waals surface area contributed by atoms with Gasteiger partial charge in [0.15, 0.2) is 0 Å². The number of rotatable bonds is 6. The molecule has 4 nitrogen and oxygen atoms in total. The third kappa shape index (κ3) is 4.03. The fraction of sp³-hybridized carbons (Fsp3) is 0.385. The molecule has 0 saturated carbocycles. The van der Waals surface area contributed by atoms with Crippen LogP contribution in [-0.2, 0) is 6.42 Å². The molecule has 0 spiro atoms. The fourth-order valence-electron chi connectivity index (χ4n) is 1.62. The van der Waals surface area contributed by atoms with Gasteiger partial charge >= 0.3 is 0 Å². The zero-order valence-electron chi connectivity index (χ0n) is 10.6. The molecule has 1 heterocycles. The molecular formula is C13H15BrClN3O. The van der Waals surface area contributed by atoms with Crippen molar-refractivity contribution in [2.75, 3.05) is 13.1 Å². The van der Waals surface area contributed by atoms with Gasteiger partial charge in [0.05, 0.1) is 5.56 Å². The van der Waals surface area contributed by atoms with Crippen molar-refractivity contribution in [2.45, 2.75) is 19.8 Å². The summed E-state index contributed by atoms with van der Waals surface area (Å²) >= 11 is 9.34. The predicted octanol–water partition coefficient (Wildman–Crippen LogP) is 3.69. The molecule has 0 radical (unpaired) electrons. The molecule has 0 aliphatic carbocycles. The number of halogens is 2. The van der Waals surface area contributed by atoms with E-state index in [-0.39, 0.29) is 0 Å². The Balaban J connectivity index is 2.04. The number of nitrogens with one attached hydrogen (secondary N) is 1. The molecule has 0 atom stereocenters. The molecule has 0 amide bonds. The van der Waals surface area contributed by atoms with E-state index in [1.54, 1.807) is 6.07 Å². The lowest BCUT2D eigenvalue weighted by molar-refractivity contribution is 0.494. The third-order valence-electron chi connectivity index (χ3n) is 2.57. The van der Waals surface area contributed by atoms with Crippen LogP contribution >= 0.6 is 27.5 Å². The van der Waals surface area contributed by atoms with Crippen LogP contribution in [0.5, 0.6) is 0 Å². The highest BCUT2D eigenvalue weighted by molar-refractivity contribution is 9.10. The summed E-state index contributed by atoms with van der Waals surface area (Å²) in [5, 5.41) is 12.1. The standard InChI is InChI=1S/C13H15BrClN3O/c1-2-6-16-7-5-12-17-18-13(19-12)10-4-3-9(15)8-11(10)14/h3-4,8,16H,2,5-7H2,1H3. The Labute approximate surface area is 125 Å². The van der Waals surface area contributed by atoms with Gasteiger partial charge in [-0.05, 0) is 47.1 Å². The Kier molecular flexibility index (Phi) is 5.36. The van der Waals surface area contributed by atoms with Gasteiger partial charge in [-0.25, -0.2) is 0 Å². The quantitative estimate of drug-likeness (QED) is 0.812. The predicted molar refractivity (Wildman–Crippen MR) is 79.3 cm³/mol. The smallest absolute Gasteiger partial charge is 0.248 e. The van der Waals surface area contributed by atoms with Crippen LogP contribution in [0, 0.1) is 0 Å². The van der Waals surface area contributed by atoms with Crippen LogP contribution in [0.3, 0.4) is 0 Å². The molecule has 1 N–H and O–H groups in total. The van der Waals surface area contributed by atoms with E-state index in [2.05, 4.69) is 38.4 Å². The number of benzene rings is 1. The molecule has 0 aliphatic rings. The van der Waals surface area contributed by atoms with Gasteiger partial charge in [-0.2, -0.15) is 0 Å². The molecule has 2 aromatic rings. The molecule has 0 aliphatic heterocycles. The highest BCUT2D eigenvalue weighted by Gasteiger charge is 2.11. The lowest BCUT2D eigenvalue weighted by atomic mass is 10.2. The summed E-state index contributed by atoms with van der Waals surface area (Å²) in [6, 6.07) is 5.47. The normalized spacial score (nSPS) is 10.9. The molecular weight excluding hydrogens is 330 g/mol. The topological polar surface area (TPSA) is 51.0 Å². The zero-order valence-corrected chi connectivity index (χ0v) is 13.0. The van der Waals surface area contributed by atoms with Gasteiger partial charge in [0.1, 0.15) is 0 Å². The minimum Gasteiger partial charge on any atom is -0.421 e. The Morgan fingerprint density at radius 1 is 1.32 bits per heavy atom. The zero-order chi connectivity index (χ0) is 13.7. The van der Waals surface area contributed by atoms with Gasteiger partial charge in [0.25, 0.3) is 0 Å². The van der Waals surface area contributed by atoms with Crippen molar-refractivity contribution in [3.05, 3.63) is 33.6 Å². The van der Waals surface area contributed by atoms with Crippen molar-refractivity contribution >= 4 is 27.5 Å². The van der Waals surface area contributed by atoms with Crippen LogP contribution in [0.25, 0.3) is 11.5 Å². The highest BCUT2D eigenvalue weighted by Crippen LogP contribution is 2.29. The molecule has 1 aromatic carbocycles. The van der Waals surface area contributed by atoms with Crippen molar-refractivity contribution in [2.24, 2.45) is 0 Å². The average molecular weight is 345 g/mol. The Morgan fingerprint density at radius 3 is 2.89 bits per heavy atom. The maximum absolute atomic E-state index is 5.90. The summed E-state index contributed by atoms with van der Waals surface area (Å²) in [7, 11) is 0. The lowest BCUT2D eigenvalue weighted by Crippen LogP contribution is -2.17. The Bertz CT molecular complexity index is 544. The van der Waals surface area contributed by atoms with Gasteiger partial charge < -0.3 is 9.73 Å². The minimum atomic E-state index is 0.508. The first-order valence-corrected chi connectivity index (χ1v) is 7.36. The van der Waals surface area contributed by atoms with Crippen LogP contribution in [0.15, 0.2) is 27.1 Å². The number of hydrogen-bond donors (Lipinski definition) is 1. The molecule has 0 unspecified atom stereocenters. The van der Waals surface area contributed by atoms with Crippen LogP contribution < -0.4 is 5.32 Å². The third-order valence-corrected chi connectivity index (χ3v) is 3.46. The molecule has 19 heavy (non-hydrogen) atoms. The van der Waals surface area contributed by atoms with Crippen molar-refractivity contribution in [3.8, 4) is 11.5 Å². The molecule has 0 saturated heterocycles. The second-order valence-corrected chi connectivity index (χ2v) is 5.42. The van der Waals surface area contributed by atoms with Crippen molar-refractivity contribution in [3.63, 3.8) is 0 Å². The van der Waals surface area contributed by atoms with E-state index in [1.165, 1.54) is 0 Å². The average Bonchev–Trinajstić information content (AvgIpc) is 2.83. The molecule has 0 bridgehead atoms. The summed E-state index contributed by atoms with van der Waals surface area (Å²) in [5.41, 5.74) is 0.852. The summed E-state index contributed by atoms with van der Waals surface area (Å²) in [6.45, 7) is 3.98. The largest absolute Gasteiger partial charge is 0.421 e. The molecule has 2 rings (SSSR count). The monoisotopic (exact) mass is 343 g/mol. The molecule has 6 heteroatoms. The van der Waals surface area contributed by atoms with E-state index in [4.69, 9.17) is 16.0 Å². The summed E-state index contributed by atoms with van der Waals surface area (Å²) in [5.74, 6) is 1.15. The first kappa shape index (κ1) is 14.5. The van der Waals surface area contributed by atoms with E-state index >= 15 is 0 Å². The van der Waals surface area contributed by atoms with E-state index in [9.17, 15) is 0 Å². The van der Waals surface area contributed by atoms with E-state index in [0.29, 0.717) is 16.8 Å². The van der Waals surface area contributed by atoms with Gasteiger partial charge in [-0.3, -0.25) is 0 Å². The Morgan fingerprint density at radius 2 is 2.16 bits per heavy atom. The molecule has 1 aromatic heterocycles.